The maximum atomic E-state index is 13.2. The van der Waals surface area contributed by atoms with Gasteiger partial charge in [0.2, 0.25) is 0 Å². The average molecular weight is 428 g/mol. The van der Waals surface area contributed by atoms with E-state index in [1.807, 2.05) is 12.4 Å². The minimum atomic E-state index is 0. The van der Waals surface area contributed by atoms with Gasteiger partial charge in [-0.2, -0.15) is 0 Å². The molecule has 31 heavy (non-hydrogen) atoms. The Morgan fingerprint density at radius 1 is 1.13 bits per heavy atom. The number of carbonyl (C=O) groups is 1. The number of pyridine rings is 1. The highest BCUT2D eigenvalue weighted by atomic mass is 16.2. The Labute approximate surface area is 191 Å². The molecule has 1 atom stereocenters. The normalized spacial score (nSPS) is 29.7. The number of nitrogens with zero attached hydrogens (tertiary/aromatic N) is 2. The molecule has 1 aromatic heterocycles. The number of hydrogen-bond acceptors (Lipinski definition) is 2. The smallest absolute Gasteiger partial charge is 0.317 e. The molecule has 4 heteroatoms. The standard InChI is InChI=1S/C27H43N3O.H2/c1-3-4-5-13-30(26(31)29-21(2)6-7-22-8-11-28-12-9-22)14-10-27-18-23-15-24(19-27)17-25(16-23)20-27;/h8-9,11-12,21,23-25H,3-7,10,13-20H2,1-2H3,(H,29,31);1H. The second-order valence-corrected chi connectivity index (χ2v) is 11.1. The maximum Gasteiger partial charge on any atom is 0.317 e. The highest BCUT2D eigenvalue weighted by Crippen LogP contribution is 2.61. The van der Waals surface area contributed by atoms with Crippen molar-refractivity contribution in [3.05, 3.63) is 30.1 Å². The molecule has 4 aliphatic carbocycles. The molecule has 0 aromatic carbocycles. The highest BCUT2D eigenvalue weighted by Gasteiger charge is 2.50. The van der Waals surface area contributed by atoms with Crippen LogP contribution in [0.25, 0.3) is 0 Å². The van der Waals surface area contributed by atoms with Crippen molar-refractivity contribution in [1.82, 2.24) is 15.2 Å². The molecule has 4 aliphatic rings. The van der Waals surface area contributed by atoms with Crippen LogP contribution in [0.1, 0.15) is 91.5 Å². The van der Waals surface area contributed by atoms with Crippen LogP contribution in [0.5, 0.6) is 0 Å². The Morgan fingerprint density at radius 2 is 1.77 bits per heavy atom. The summed E-state index contributed by atoms with van der Waals surface area (Å²) < 4.78 is 0. The summed E-state index contributed by atoms with van der Waals surface area (Å²) >= 11 is 0. The average Bonchev–Trinajstić information content (AvgIpc) is 2.74. The first-order valence-electron chi connectivity index (χ1n) is 13.0. The van der Waals surface area contributed by atoms with Gasteiger partial charge >= 0.3 is 6.03 Å². The predicted molar refractivity (Wildman–Crippen MR) is 129 cm³/mol. The van der Waals surface area contributed by atoms with Crippen LogP contribution in [-0.2, 0) is 6.42 Å². The molecule has 4 saturated carbocycles. The topological polar surface area (TPSA) is 45.2 Å². The molecule has 4 bridgehead atoms. The number of amides is 2. The summed E-state index contributed by atoms with van der Waals surface area (Å²) in [5.41, 5.74) is 1.84. The van der Waals surface area contributed by atoms with Crippen LogP contribution in [0.3, 0.4) is 0 Å². The van der Waals surface area contributed by atoms with Crippen molar-refractivity contribution in [3.8, 4) is 0 Å². The number of unbranched alkanes of at least 4 members (excludes halogenated alkanes) is 2. The van der Waals surface area contributed by atoms with Gasteiger partial charge < -0.3 is 10.2 Å². The summed E-state index contributed by atoms with van der Waals surface area (Å²) in [6.07, 6.45) is 19.2. The summed E-state index contributed by atoms with van der Waals surface area (Å²) in [7, 11) is 0. The fourth-order valence-corrected chi connectivity index (χ4v) is 7.14. The van der Waals surface area contributed by atoms with Crippen molar-refractivity contribution in [1.29, 1.82) is 0 Å². The summed E-state index contributed by atoms with van der Waals surface area (Å²) in [4.78, 5) is 19.4. The van der Waals surface area contributed by atoms with Gasteiger partial charge in [-0.3, -0.25) is 4.98 Å². The molecular formula is C27H45N3O. The van der Waals surface area contributed by atoms with Gasteiger partial charge in [-0.25, -0.2) is 4.79 Å². The molecule has 174 valence electrons. The summed E-state index contributed by atoms with van der Waals surface area (Å²) in [5, 5.41) is 3.31. The molecule has 1 heterocycles. The fourth-order valence-electron chi connectivity index (χ4n) is 7.14. The highest BCUT2D eigenvalue weighted by molar-refractivity contribution is 5.74. The molecule has 4 nitrogen and oxygen atoms in total. The van der Waals surface area contributed by atoms with E-state index in [1.165, 1.54) is 63.4 Å². The molecule has 1 N–H and O–H groups in total. The van der Waals surface area contributed by atoms with Gasteiger partial charge in [0.1, 0.15) is 0 Å². The molecule has 0 aliphatic heterocycles. The number of aryl methyl sites for hydroxylation is 1. The summed E-state index contributed by atoms with van der Waals surface area (Å²) in [6.45, 7) is 6.23. The van der Waals surface area contributed by atoms with E-state index in [9.17, 15) is 4.79 Å². The molecule has 0 saturated heterocycles. The molecule has 2 amide bonds. The van der Waals surface area contributed by atoms with Crippen molar-refractivity contribution in [3.63, 3.8) is 0 Å². The number of hydrogen-bond donors (Lipinski definition) is 1. The number of aromatic nitrogens is 1. The molecule has 4 fully saturated rings. The van der Waals surface area contributed by atoms with Gasteiger partial charge in [0, 0.05) is 33.0 Å². The van der Waals surface area contributed by atoms with Gasteiger partial charge in [-0.15, -0.1) is 0 Å². The van der Waals surface area contributed by atoms with Crippen LogP contribution in [0, 0.1) is 23.2 Å². The van der Waals surface area contributed by atoms with Gasteiger partial charge in [-0.05, 0) is 112 Å². The third kappa shape index (κ3) is 6.02. The van der Waals surface area contributed by atoms with Crippen LogP contribution >= 0.6 is 0 Å². The lowest BCUT2D eigenvalue weighted by Crippen LogP contribution is -2.49. The lowest BCUT2D eigenvalue weighted by atomic mass is 9.49. The van der Waals surface area contributed by atoms with Crippen molar-refractivity contribution in [2.45, 2.75) is 96.9 Å². The summed E-state index contributed by atoms with van der Waals surface area (Å²) in [6, 6.07) is 4.48. The molecule has 1 aromatic rings. The van der Waals surface area contributed by atoms with Gasteiger partial charge in [0.15, 0.2) is 0 Å². The lowest BCUT2D eigenvalue weighted by Gasteiger charge is -2.57. The minimum absolute atomic E-state index is 0. The largest absolute Gasteiger partial charge is 0.336 e. The van der Waals surface area contributed by atoms with Crippen molar-refractivity contribution < 1.29 is 6.22 Å². The number of carbonyl (C=O) groups excluding carboxylic acids is 1. The Hall–Kier alpha value is -1.58. The fraction of sp³-hybridized carbons (Fsp3) is 0.778. The Balaban J connectivity index is 0.00000289. The van der Waals surface area contributed by atoms with E-state index in [0.29, 0.717) is 5.41 Å². The van der Waals surface area contributed by atoms with E-state index in [2.05, 4.69) is 41.2 Å². The van der Waals surface area contributed by atoms with Crippen molar-refractivity contribution in [2.24, 2.45) is 23.2 Å². The second-order valence-electron chi connectivity index (χ2n) is 11.1. The van der Waals surface area contributed by atoms with E-state index >= 15 is 0 Å². The first-order chi connectivity index (χ1) is 15.0. The first kappa shape index (κ1) is 22.6. The summed E-state index contributed by atoms with van der Waals surface area (Å²) in [5.74, 6) is 2.96. The van der Waals surface area contributed by atoms with Gasteiger partial charge in [0.05, 0.1) is 0 Å². The van der Waals surface area contributed by atoms with E-state index < -0.39 is 0 Å². The Bertz CT molecular complexity index is 675. The van der Waals surface area contributed by atoms with Crippen LogP contribution in [0.4, 0.5) is 4.79 Å². The van der Waals surface area contributed by atoms with Crippen molar-refractivity contribution in [2.75, 3.05) is 13.1 Å². The predicted octanol–water partition coefficient (Wildman–Crippen LogP) is 6.46. The minimum Gasteiger partial charge on any atom is -0.336 e. The monoisotopic (exact) mass is 427 g/mol. The van der Waals surface area contributed by atoms with Crippen LogP contribution in [-0.4, -0.2) is 35.0 Å². The van der Waals surface area contributed by atoms with Crippen LogP contribution in [0.15, 0.2) is 24.5 Å². The molecule has 1 unspecified atom stereocenters. The van der Waals surface area contributed by atoms with E-state index in [4.69, 9.17) is 0 Å². The second kappa shape index (κ2) is 10.4. The third-order valence-electron chi connectivity index (χ3n) is 8.38. The molecule has 0 radical (unpaired) electrons. The van der Waals surface area contributed by atoms with Crippen molar-refractivity contribution >= 4 is 6.03 Å². The Kier molecular flexibility index (Phi) is 7.55. The number of rotatable bonds is 11. The zero-order valence-electron chi connectivity index (χ0n) is 19.8. The quantitative estimate of drug-likeness (QED) is 0.412. The maximum absolute atomic E-state index is 13.2. The zero-order chi connectivity index (χ0) is 21.7. The SMILES string of the molecule is CCCCCN(CCC12CC3CC(CC(C3)C1)C2)C(=O)NC(C)CCc1ccncc1.[HH]. The van der Waals surface area contributed by atoms with Crippen LogP contribution in [0.2, 0.25) is 0 Å². The molecule has 5 rings (SSSR count). The van der Waals surface area contributed by atoms with E-state index in [1.54, 1.807) is 0 Å². The molecule has 0 spiro atoms. The third-order valence-corrected chi connectivity index (χ3v) is 8.38. The first-order valence-corrected chi connectivity index (χ1v) is 13.0. The van der Waals surface area contributed by atoms with Crippen LogP contribution < -0.4 is 5.32 Å². The van der Waals surface area contributed by atoms with Gasteiger partial charge in [-0.1, -0.05) is 19.8 Å². The Morgan fingerprint density at radius 3 is 2.39 bits per heavy atom. The number of nitrogens with one attached hydrogen (secondary N) is 1. The van der Waals surface area contributed by atoms with Gasteiger partial charge in [0.25, 0.3) is 0 Å². The zero-order valence-corrected chi connectivity index (χ0v) is 19.8. The lowest BCUT2D eigenvalue weighted by molar-refractivity contribution is -0.0596. The van der Waals surface area contributed by atoms with E-state index in [-0.39, 0.29) is 13.5 Å². The van der Waals surface area contributed by atoms with E-state index in [0.717, 1.165) is 50.1 Å². The molecular weight excluding hydrogens is 382 g/mol. The number of urea groups is 1.